The number of benzene rings is 1. The third-order valence-electron chi connectivity index (χ3n) is 2.68. The van der Waals surface area contributed by atoms with Gasteiger partial charge < -0.3 is 9.47 Å². The maximum absolute atomic E-state index is 11.2. The van der Waals surface area contributed by atoms with Gasteiger partial charge in [-0.15, -0.1) is 11.3 Å². The molecule has 1 heterocycles. The average Bonchev–Trinajstić information content (AvgIpc) is 3.03. The van der Waals surface area contributed by atoms with E-state index in [9.17, 15) is 10.1 Å². The lowest BCUT2D eigenvalue weighted by molar-refractivity contribution is -0.385. The summed E-state index contributed by atoms with van der Waals surface area (Å²) < 4.78 is 10.8. The molecule has 0 saturated carbocycles. The van der Waals surface area contributed by atoms with Crippen LogP contribution in [0.4, 0.5) is 10.8 Å². The monoisotopic (exact) mass is 336 g/mol. The molecule has 1 N–H and O–H groups in total. The van der Waals surface area contributed by atoms with E-state index in [4.69, 9.17) is 9.47 Å². The number of hydrogen-bond donors (Lipinski definition) is 1. The normalized spacial score (nSPS) is 10.7. The summed E-state index contributed by atoms with van der Waals surface area (Å²) in [4.78, 5) is 14.7. The minimum atomic E-state index is -0.494. The fourth-order valence-electron chi connectivity index (χ4n) is 1.80. The number of thiazole rings is 1. The molecule has 0 saturated heterocycles. The van der Waals surface area contributed by atoms with E-state index in [1.807, 2.05) is 12.3 Å². The second kappa shape index (κ2) is 8.08. The van der Waals surface area contributed by atoms with Gasteiger partial charge >= 0.3 is 5.69 Å². The Hall–Kier alpha value is -2.68. The van der Waals surface area contributed by atoms with E-state index in [0.29, 0.717) is 29.7 Å². The quantitative estimate of drug-likeness (QED) is 0.451. The number of anilines is 1. The van der Waals surface area contributed by atoms with E-state index in [-0.39, 0.29) is 11.4 Å². The Bertz CT molecular complexity index is 688. The molecule has 0 aliphatic rings. The van der Waals surface area contributed by atoms with Crippen LogP contribution in [0.3, 0.4) is 0 Å². The lowest BCUT2D eigenvalue weighted by Gasteiger charge is -2.10. The number of aromatic nitrogens is 1. The van der Waals surface area contributed by atoms with Crippen molar-refractivity contribution in [1.29, 1.82) is 0 Å². The number of hydrogen-bond acceptors (Lipinski definition) is 8. The molecular formula is C14H16N4O4S. The van der Waals surface area contributed by atoms with Crippen LogP contribution in [0.25, 0.3) is 0 Å². The van der Waals surface area contributed by atoms with Gasteiger partial charge in [0.2, 0.25) is 10.9 Å². The maximum atomic E-state index is 11.2. The van der Waals surface area contributed by atoms with E-state index in [1.165, 1.54) is 29.7 Å². The van der Waals surface area contributed by atoms with Crippen LogP contribution in [-0.4, -0.2) is 29.3 Å². The van der Waals surface area contributed by atoms with Crippen molar-refractivity contribution in [1.82, 2.24) is 4.98 Å². The molecule has 0 bridgehead atoms. The summed E-state index contributed by atoms with van der Waals surface area (Å²) in [6.45, 7) is 4.34. The van der Waals surface area contributed by atoms with Crippen LogP contribution < -0.4 is 14.9 Å². The fourth-order valence-corrected chi connectivity index (χ4v) is 2.27. The highest BCUT2D eigenvalue weighted by atomic mass is 32.1. The van der Waals surface area contributed by atoms with Crippen molar-refractivity contribution in [2.75, 3.05) is 18.6 Å². The van der Waals surface area contributed by atoms with Crippen LogP contribution in [0.2, 0.25) is 0 Å². The predicted octanol–water partition coefficient (Wildman–Crippen LogP) is 3.29. The molecule has 2 aromatic rings. The molecule has 9 heteroatoms. The molecule has 0 fully saturated rings. The fraction of sp³-hybridized carbons (Fsp3) is 0.286. The zero-order valence-corrected chi connectivity index (χ0v) is 13.5. The van der Waals surface area contributed by atoms with E-state index in [2.05, 4.69) is 15.5 Å². The minimum absolute atomic E-state index is 0.133. The number of nitro groups is 1. The highest BCUT2D eigenvalue weighted by Crippen LogP contribution is 2.34. The molecule has 0 unspecified atom stereocenters. The van der Waals surface area contributed by atoms with Crippen molar-refractivity contribution in [2.45, 2.75) is 13.8 Å². The highest BCUT2D eigenvalue weighted by Gasteiger charge is 2.19. The van der Waals surface area contributed by atoms with E-state index < -0.39 is 4.92 Å². The standard InChI is InChI=1S/C14H16N4O4S/c1-3-21-12-8-13(22-4-2)11(18(19)20)7-10(12)9-16-17-14-15-5-6-23-14/h5-9H,3-4H2,1-2H3,(H,15,17)/b16-9-. The van der Waals surface area contributed by atoms with Gasteiger partial charge in [-0.25, -0.2) is 4.98 Å². The number of nitro benzene ring substituents is 1. The summed E-state index contributed by atoms with van der Waals surface area (Å²) >= 11 is 1.39. The molecular weight excluding hydrogens is 320 g/mol. The minimum Gasteiger partial charge on any atom is -0.493 e. The summed E-state index contributed by atoms with van der Waals surface area (Å²) in [6, 6.07) is 2.89. The third kappa shape index (κ3) is 4.39. The van der Waals surface area contributed by atoms with Gasteiger partial charge in [-0.3, -0.25) is 15.5 Å². The van der Waals surface area contributed by atoms with Crippen LogP contribution in [0.15, 0.2) is 28.8 Å². The first-order valence-electron chi connectivity index (χ1n) is 6.92. The van der Waals surface area contributed by atoms with Gasteiger partial charge in [-0.1, -0.05) is 0 Å². The Morgan fingerprint density at radius 1 is 1.35 bits per heavy atom. The smallest absolute Gasteiger partial charge is 0.311 e. The second-order valence-electron chi connectivity index (χ2n) is 4.19. The summed E-state index contributed by atoms with van der Waals surface area (Å²) in [5.41, 5.74) is 3.10. The van der Waals surface area contributed by atoms with Crippen molar-refractivity contribution in [2.24, 2.45) is 5.10 Å². The molecule has 0 spiro atoms. The lowest BCUT2D eigenvalue weighted by Crippen LogP contribution is -2.03. The van der Waals surface area contributed by atoms with Crippen molar-refractivity contribution in [3.05, 3.63) is 39.4 Å². The Labute approximate surface area is 136 Å². The molecule has 0 aliphatic carbocycles. The van der Waals surface area contributed by atoms with Crippen LogP contribution in [0, 0.1) is 10.1 Å². The Balaban J connectivity index is 2.32. The van der Waals surface area contributed by atoms with Crippen molar-refractivity contribution in [3.8, 4) is 11.5 Å². The van der Waals surface area contributed by atoms with Crippen LogP contribution in [0.1, 0.15) is 19.4 Å². The van der Waals surface area contributed by atoms with E-state index in [1.54, 1.807) is 13.1 Å². The van der Waals surface area contributed by atoms with Crippen molar-refractivity contribution in [3.63, 3.8) is 0 Å². The van der Waals surface area contributed by atoms with Gasteiger partial charge in [0.1, 0.15) is 5.75 Å². The lowest BCUT2D eigenvalue weighted by atomic mass is 10.1. The molecule has 2 rings (SSSR count). The summed E-state index contributed by atoms with van der Waals surface area (Å²) in [6.07, 6.45) is 3.10. The number of rotatable bonds is 8. The van der Waals surface area contributed by atoms with Crippen molar-refractivity contribution >= 4 is 28.4 Å². The highest BCUT2D eigenvalue weighted by molar-refractivity contribution is 7.13. The number of ether oxygens (including phenoxy) is 2. The zero-order valence-electron chi connectivity index (χ0n) is 12.7. The largest absolute Gasteiger partial charge is 0.493 e. The molecule has 0 aliphatic heterocycles. The van der Waals surface area contributed by atoms with E-state index >= 15 is 0 Å². The first kappa shape index (κ1) is 16.7. The molecule has 1 aromatic carbocycles. The Morgan fingerprint density at radius 3 is 2.70 bits per heavy atom. The Kier molecular flexibility index (Phi) is 5.87. The summed E-state index contributed by atoms with van der Waals surface area (Å²) in [7, 11) is 0. The molecule has 0 amide bonds. The number of nitrogens with one attached hydrogen (secondary N) is 1. The first-order valence-corrected chi connectivity index (χ1v) is 7.80. The van der Waals surface area contributed by atoms with Crippen LogP contribution in [0.5, 0.6) is 11.5 Å². The number of nitrogens with zero attached hydrogens (tertiary/aromatic N) is 3. The summed E-state index contributed by atoms with van der Waals surface area (Å²) in [5.74, 6) is 0.636. The SMILES string of the molecule is CCOc1cc(OCC)c([N+](=O)[O-])cc1/C=N\Nc1nccs1. The van der Waals surface area contributed by atoms with Crippen LogP contribution >= 0.6 is 11.3 Å². The van der Waals surface area contributed by atoms with Gasteiger partial charge in [0.25, 0.3) is 0 Å². The first-order chi connectivity index (χ1) is 11.2. The topological polar surface area (TPSA) is 98.9 Å². The van der Waals surface area contributed by atoms with Gasteiger partial charge in [0, 0.05) is 29.3 Å². The molecule has 23 heavy (non-hydrogen) atoms. The third-order valence-corrected chi connectivity index (χ3v) is 3.36. The maximum Gasteiger partial charge on any atom is 0.311 e. The summed E-state index contributed by atoms with van der Waals surface area (Å²) in [5, 5.41) is 17.7. The van der Waals surface area contributed by atoms with E-state index in [0.717, 1.165) is 0 Å². The molecule has 8 nitrogen and oxygen atoms in total. The zero-order chi connectivity index (χ0) is 16.7. The Morgan fingerprint density at radius 2 is 2.09 bits per heavy atom. The van der Waals surface area contributed by atoms with Gasteiger partial charge in [-0.2, -0.15) is 5.10 Å². The van der Waals surface area contributed by atoms with Gasteiger partial charge in [-0.05, 0) is 13.8 Å². The molecule has 0 radical (unpaired) electrons. The molecule has 0 atom stereocenters. The predicted molar refractivity (Wildman–Crippen MR) is 88.8 cm³/mol. The van der Waals surface area contributed by atoms with Gasteiger partial charge in [0.15, 0.2) is 0 Å². The second-order valence-corrected chi connectivity index (χ2v) is 5.08. The average molecular weight is 336 g/mol. The van der Waals surface area contributed by atoms with Crippen LogP contribution in [-0.2, 0) is 0 Å². The molecule has 1 aromatic heterocycles. The van der Waals surface area contributed by atoms with Gasteiger partial charge in [0.05, 0.1) is 24.4 Å². The molecule has 122 valence electrons. The van der Waals surface area contributed by atoms with Crippen molar-refractivity contribution < 1.29 is 14.4 Å². The number of hydrazone groups is 1.